The van der Waals surface area contributed by atoms with Gasteiger partial charge in [0, 0.05) is 30.1 Å². The Balaban J connectivity index is 1.65. The van der Waals surface area contributed by atoms with Gasteiger partial charge in [-0.3, -0.25) is 14.4 Å². The number of amides is 2. The second-order valence-corrected chi connectivity index (χ2v) is 11.3. The fourth-order valence-corrected chi connectivity index (χ4v) is 4.92. The van der Waals surface area contributed by atoms with Gasteiger partial charge in [-0.2, -0.15) is 0 Å². The molecule has 0 radical (unpaired) electrons. The van der Waals surface area contributed by atoms with E-state index in [1.165, 1.54) is 26.4 Å². The van der Waals surface area contributed by atoms with Gasteiger partial charge in [-0.1, -0.05) is 44.2 Å². The zero-order valence-corrected chi connectivity index (χ0v) is 25.9. The minimum Gasteiger partial charge on any atom is -0.508 e. The van der Waals surface area contributed by atoms with Crippen molar-refractivity contribution in [2.45, 2.75) is 63.4 Å². The number of aromatic hydroxyl groups is 1. The molecule has 13 nitrogen and oxygen atoms in total. The highest BCUT2D eigenvalue weighted by molar-refractivity contribution is 5.92. The van der Waals surface area contributed by atoms with Crippen molar-refractivity contribution in [3.8, 4) is 5.75 Å². The molecule has 13 heteroatoms. The number of hydrogen-bond acceptors (Lipinski definition) is 10. The van der Waals surface area contributed by atoms with Crippen molar-refractivity contribution in [3.05, 3.63) is 65.9 Å². The lowest BCUT2D eigenvalue weighted by atomic mass is 10.0. The highest BCUT2D eigenvalue weighted by atomic mass is 16.5. The number of carbonyl (C=O) groups excluding carboxylic acids is 4. The van der Waals surface area contributed by atoms with Crippen molar-refractivity contribution in [2.75, 3.05) is 20.8 Å². The Morgan fingerprint density at radius 2 is 1.49 bits per heavy atom. The number of phenols is 1. The van der Waals surface area contributed by atoms with Crippen molar-refractivity contribution in [1.82, 2.24) is 20.9 Å². The van der Waals surface area contributed by atoms with Crippen molar-refractivity contribution in [2.24, 2.45) is 11.7 Å². The van der Waals surface area contributed by atoms with Crippen LogP contribution in [-0.4, -0.2) is 90.0 Å². The predicted octanol–water partition coefficient (Wildman–Crippen LogP) is 0.667. The van der Waals surface area contributed by atoms with Gasteiger partial charge in [0.1, 0.15) is 30.0 Å². The molecule has 0 aliphatic carbocycles. The largest absolute Gasteiger partial charge is 0.508 e. The second kappa shape index (κ2) is 16.6. The van der Waals surface area contributed by atoms with Crippen molar-refractivity contribution >= 4 is 34.7 Å². The number of aromatic amines is 1. The number of aliphatic hydroxyl groups excluding tert-OH is 1. The number of nitrogens with two attached hydrogens (primary N) is 1. The maximum Gasteiger partial charge on any atom is 0.328 e. The molecule has 0 unspecified atom stereocenters. The Kier molecular flexibility index (Phi) is 12.9. The first kappa shape index (κ1) is 35.0. The maximum absolute atomic E-state index is 13.4. The lowest BCUT2D eigenvalue weighted by Crippen LogP contribution is -2.58. The summed E-state index contributed by atoms with van der Waals surface area (Å²) < 4.78 is 9.80. The summed E-state index contributed by atoms with van der Waals surface area (Å²) >= 11 is 0. The molecule has 0 saturated heterocycles. The van der Waals surface area contributed by atoms with Crippen LogP contribution in [-0.2, 0) is 41.5 Å². The predicted molar refractivity (Wildman–Crippen MR) is 167 cm³/mol. The molecule has 0 bridgehead atoms. The SMILES string of the molecule is COC(=O)[C@H](Cc1ccc(O)cc1)NC[C@@H](N)[C@H](O)C(=O)N[C@@H](CC(C)C)C(=O)N[C@@H](Cc1c[nH]c2ccccc12)C(=O)OC. The van der Waals surface area contributed by atoms with E-state index in [-0.39, 0.29) is 37.5 Å². The van der Waals surface area contributed by atoms with Crippen LogP contribution < -0.4 is 21.7 Å². The quantitative estimate of drug-likeness (QED) is 0.111. The summed E-state index contributed by atoms with van der Waals surface area (Å²) in [7, 11) is 2.46. The minimum atomic E-state index is -1.73. The van der Waals surface area contributed by atoms with Crippen LogP contribution in [0.1, 0.15) is 31.4 Å². The number of aromatic nitrogens is 1. The standard InChI is InChI=1S/C32H43N5O8/c1-18(2)13-25(29(40)37-27(32(43)45-4)15-20-16-34-24-8-6-5-7-22(20)24)36-30(41)28(39)23(33)17-35-26(31(42)44-3)14-19-9-11-21(38)12-10-19/h5-12,16,18,23,25-28,34-35,38-39H,13-15,17,33H2,1-4H3,(H,36,41)(H,37,40)/t23-,25+,26+,27+,28+/m1/s1. The molecule has 0 spiro atoms. The monoisotopic (exact) mass is 625 g/mol. The van der Waals surface area contributed by atoms with E-state index < -0.39 is 54.0 Å². The number of benzene rings is 2. The number of hydrogen-bond donors (Lipinski definition) is 7. The highest BCUT2D eigenvalue weighted by Crippen LogP contribution is 2.20. The van der Waals surface area contributed by atoms with Gasteiger partial charge in [0.2, 0.25) is 5.91 Å². The number of nitrogens with one attached hydrogen (secondary N) is 4. The summed E-state index contributed by atoms with van der Waals surface area (Å²) in [6, 6.07) is 9.73. The number of aliphatic hydroxyl groups is 1. The third-order valence-corrected chi connectivity index (χ3v) is 7.38. The van der Waals surface area contributed by atoms with Crippen LogP contribution in [0.2, 0.25) is 0 Å². The summed E-state index contributed by atoms with van der Waals surface area (Å²) in [6.45, 7) is 3.59. The summed E-state index contributed by atoms with van der Waals surface area (Å²) in [6.07, 6.45) is 0.611. The van der Waals surface area contributed by atoms with E-state index in [9.17, 15) is 29.4 Å². The molecule has 0 aliphatic rings. The van der Waals surface area contributed by atoms with Crippen LogP contribution in [0.3, 0.4) is 0 Å². The smallest absolute Gasteiger partial charge is 0.328 e. The van der Waals surface area contributed by atoms with Gasteiger partial charge in [-0.25, -0.2) is 4.79 Å². The summed E-state index contributed by atoms with van der Waals surface area (Å²) in [5.41, 5.74) is 8.53. The normalized spacial score (nSPS) is 14.6. The van der Waals surface area contributed by atoms with Crippen molar-refractivity contribution in [3.63, 3.8) is 0 Å². The van der Waals surface area contributed by atoms with Gasteiger partial charge in [-0.05, 0) is 48.1 Å². The molecular weight excluding hydrogens is 582 g/mol. The summed E-state index contributed by atoms with van der Waals surface area (Å²) in [4.78, 5) is 54.6. The van der Waals surface area contributed by atoms with E-state index in [1.807, 2.05) is 38.1 Å². The van der Waals surface area contributed by atoms with E-state index in [2.05, 4.69) is 20.9 Å². The highest BCUT2D eigenvalue weighted by Gasteiger charge is 2.32. The number of H-pyrrole nitrogens is 1. The van der Waals surface area contributed by atoms with Crippen molar-refractivity contribution in [1.29, 1.82) is 0 Å². The molecule has 2 amide bonds. The fraction of sp³-hybridized carbons (Fsp3) is 0.438. The van der Waals surface area contributed by atoms with Gasteiger partial charge < -0.3 is 46.4 Å². The van der Waals surface area contributed by atoms with E-state index >= 15 is 0 Å². The second-order valence-electron chi connectivity index (χ2n) is 11.3. The molecule has 244 valence electrons. The van der Waals surface area contributed by atoms with E-state index in [4.69, 9.17) is 15.2 Å². The number of fused-ring (bicyclic) bond motifs is 1. The zero-order chi connectivity index (χ0) is 33.1. The number of carbonyl (C=O) groups is 4. The third kappa shape index (κ3) is 10.0. The minimum absolute atomic E-state index is 0.0283. The molecule has 3 aromatic rings. The van der Waals surface area contributed by atoms with Crippen LogP contribution in [0, 0.1) is 5.92 Å². The molecule has 1 heterocycles. The average Bonchev–Trinajstić information content (AvgIpc) is 3.44. The molecule has 2 aromatic carbocycles. The Labute approximate surface area is 261 Å². The first-order valence-electron chi connectivity index (χ1n) is 14.7. The first-order chi connectivity index (χ1) is 21.4. The number of rotatable bonds is 16. The third-order valence-electron chi connectivity index (χ3n) is 7.38. The molecule has 45 heavy (non-hydrogen) atoms. The van der Waals surface area contributed by atoms with Crippen LogP contribution in [0.5, 0.6) is 5.75 Å². The number of esters is 2. The van der Waals surface area contributed by atoms with Gasteiger partial charge in [0.15, 0.2) is 0 Å². The number of ether oxygens (including phenoxy) is 2. The maximum atomic E-state index is 13.4. The molecule has 0 fully saturated rings. The lowest BCUT2D eigenvalue weighted by Gasteiger charge is -2.26. The first-order valence-corrected chi connectivity index (χ1v) is 14.7. The molecule has 5 atom stereocenters. The fourth-order valence-electron chi connectivity index (χ4n) is 4.92. The molecule has 0 saturated carbocycles. The molecule has 0 aliphatic heterocycles. The van der Waals surface area contributed by atoms with E-state index in [1.54, 1.807) is 18.3 Å². The molecule has 3 rings (SSSR count). The van der Waals surface area contributed by atoms with Crippen LogP contribution in [0.15, 0.2) is 54.7 Å². The molecular formula is C32H43N5O8. The number of methoxy groups -OCH3 is 2. The number of phenolic OH excluding ortho intramolecular Hbond substituents is 1. The van der Waals surface area contributed by atoms with Crippen LogP contribution >= 0.6 is 0 Å². The van der Waals surface area contributed by atoms with Crippen molar-refractivity contribution < 1.29 is 38.9 Å². The molecule has 8 N–H and O–H groups in total. The van der Waals surface area contributed by atoms with Crippen LogP contribution in [0.4, 0.5) is 0 Å². The Morgan fingerprint density at radius 1 is 0.867 bits per heavy atom. The van der Waals surface area contributed by atoms with Gasteiger partial charge in [0.25, 0.3) is 5.91 Å². The Bertz CT molecular complexity index is 1440. The Morgan fingerprint density at radius 3 is 2.13 bits per heavy atom. The van der Waals surface area contributed by atoms with Crippen LogP contribution in [0.25, 0.3) is 10.9 Å². The van der Waals surface area contributed by atoms with E-state index in [0.717, 1.165) is 22.0 Å². The topological polar surface area (TPSA) is 205 Å². The summed E-state index contributed by atoms with van der Waals surface area (Å²) in [5, 5.41) is 29.3. The summed E-state index contributed by atoms with van der Waals surface area (Å²) in [5.74, 6) is -2.67. The average molecular weight is 626 g/mol. The van der Waals surface area contributed by atoms with Gasteiger partial charge in [0.05, 0.1) is 20.3 Å². The van der Waals surface area contributed by atoms with Gasteiger partial charge >= 0.3 is 11.9 Å². The van der Waals surface area contributed by atoms with Gasteiger partial charge in [-0.15, -0.1) is 0 Å². The number of para-hydroxylation sites is 1. The van der Waals surface area contributed by atoms with E-state index in [0.29, 0.717) is 0 Å². The Hall–Kier alpha value is -4.46. The molecule has 1 aromatic heterocycles. The zero-order valence-electron chi connectivity index (χ0n) is 25.9. The lowest BCUT2D eigenvalue weighted by molar-refractivity contribution is -0.145.